The molecule has 0 N–H and O–H groups in total. The molecule has 0 aliphatic rings. The third kappa shape index (κ3) is 4.83. The van der Waals surface area contributed by atoms with Gasteiger partial charge in [0.05, 0.1) is 22.3 Å². The molecule has 0 fully saturated rings. The maximum absolute atomic E-state index is 12.4. The van der Waals surface area contributed by atoms with E-state index in [1.54, 1.807) is 19.1 Å². The molecule has 0 spiro atoms. The summed E-state index contributed by atoms with van der Waals surface area (Å²) in [5.74, 6) is 1.03. The second-order valence-corrected chi connectivity index (χ2v) is 11.0. The first-order valence-electron chi connectivity index (χ1n) is 10.2. The van der Waals surface area contributed by atoms with Crippen LogP contribution in [0.15, 0.2) is 27.6 Å². The summed E-state index contributed by atoms with van der Waals surface area (Å²) in [4.78, 5) is 21.4. The monoisotopic (exact) mass is 463 g/mol. The van der Waals surface area contributed by atoms with Gasteiger partial charge in [-0.2, -0.15) is 4.98 Å². The number of benzene rings is 1. The quantitative estimate of drug-likeness (QED) is 0.491. The highest BCUT2D eigenvalue weighted by Crippen LogP contribution is 2.24. The van der Waals surface area contributed by atoms with Gasteiger partial charge in [0.2, 0.25) is 10.0 Å². The maximum atomic E-state index is 12.4. The van der Waals surface area contributed by atoms with Gasteiger partial charge in [-0.1, -0.05) is 25.9 Å². The highest BCUT2D eigenvalue weighted by atomic mass is 32.2. The van der Waals surface area contributed by atoms with Gasteiger partial charge in [-0.3, -0.25) is 4.79 Å². The third-order valence-electron chi connectivity index (χ3n) is 5.04. The van der Waals surface area contributed by atoms with E-state index in [1.165, 1.54) is 20.2 Å². The molecule has 174 valence electrons. The molecule has 0 aliphatic heterocycles. The number of nitrogens with zero attached hydrogens (tertiary/aromatic N) is 5. The molecular formula is C21H29N5O5S. The van der Waals surface area contributed by atoms with Gasteiger partial charge in [0.1, 0.15) is 5.82 Å². The minimum absolute atomic E-state index is 0.102. The van der Waals surface area contributed by atoms with Crippen molar-refractivity contribution in [3.63, 3.8) is 0 Å². The van der Waals surface area contributed by atoms with E-state index in [0.717, 1.165) is 9.82 Å². The number of rotatable bonds is 7. The van der Waals surface area contributed by atoms with Crippen molar-refractivity contribution in [2.75, 3.05) is 14.1 Å². The maximum Gasteiger partial charge on any atom is 0.307 e. The van der Waals surface area contributed by atoms with E-state index in [-0.39, 0.29) is 22.6 Å². The van der Waals surface area contributed by atoms with Crippen molar-refractivity contribution < 1.29 is 22.5 Å². The number of aromatic nitrogens is 4. The topological polar surface area (TPSA) is 120 Å². The van der Waals surface area contributed by atoms with Crippen molar-refractivity contribution in [3.8, 4) is 0 Å². The summed E-state index contributed by atoms with van der Waals surface area (Å²) >= 11 is 0. The Morgan fingerprint density at radius 2 is 1.94 bits per heavy atom. The fourth-order valence-electron chi connectivity index (χ4n) is 3.05. The van der Waals surface area contributed by atoms with E-state index in [4.69, 9.17) is 9.26 Å². The molecule has 0 radical (unpaired) electrons. The van der Waals surface area contributed by atoms with Crippen molar-refractivity contribution >= 4 is 27.0 Å². The Kier molecular flexibility index (Phi) is 6.43. The Morgan fingerprint density at radius 3 is 2.53 bits per heavy atom. The first-order chi connectivity index (χ1) is 14.8. The predicted octanol–water partition coefficient (Wildman–Crippen LogP) is 2.74. The standard InChI is InChI=1S/C21H29N5O5S/c1-13(19-23-20(24-31-19)21(2,3)4)30-18(27)11-10-17-22-15-12-14(32(28,29)25(5)6)8-9-16(15)26(17)7/h8-9,12-13H,10-11H2,1-7H3. The van der Waals surface area contributed by atoms with Gasteiger partial charge < -0.3 is 13.8 Å². The van der Waals surface area contributed by atoms with E-state index in [2.05, 4.69) is 15.1 Å². The van der Waals surface area contributed by atoms with Crippen molar-refractivity contribution in [2.45, 2.75) is 57.0 Å². The molecular weight excluding hydrogens is 434 g/mol. The molecule has 0 amide bonds. The minimum atomic E-state index is -3.56. The van der Waals surface area contributed by atoms with Crippen LogP contribution in [0.1, 0.15) is 57.8 Å². The van der Waals surface area contributed by atoms with Crippen LogP contribution in [-0.2, 0) is 38.4 Å². The lowest BCUT2D eigenvalue weighted by atomic mass is 9.96. The van der Waals surface area contributed by atoms with Gasteiger partial charge in [-0.25, -0.2) is 17.7 Å². The molecule has 3 rings (SSSR count). The van der Waals surface area contributed by atoms with Gasteiger partial charge in [0.15, 0.2) is 11.9 Å². The molecule has 1 unspecified atom stereocenters. The minimum Gasteiger partial charge on any atom is -0.453 e. The molecule has 2 aromatic heterocycles. The molecule has 0 saturated carbocycles. The number of carbonyl (C=O) groups excluding carboxylic acids is 1. The summed E-state index contributed by atoms with van der Waals surface area (Å²) in [6.45, 7) is 7.58. The Bertz CT molecular complexity index is 1240. The average molecular weight is 464 g/mol. The summed E-state index contributed by atoms with van der Waals surface area (Å²) in [6, 6.07) is 4.80. The van der Waals surface area contributed by atoms with Crippen molar-refractivity contribution in [2.24, 2.45) is 7.05 Å². The summed E-state index contributed by atoms with van der Waals surface area (Å²) in [7, 11) is 1.23. The van der Waals surface area contributed by atoms with E-state index in [9.17, 15) is 13.2 Å². The van der Waals surface area contributed by atoms with Gasteiger partial charge >= 0.3 is 5.97 Å². The van der Waals surface area contributed by atoms with Crippen LogP contribution in [-0.4, -0.2) is 52.5 Å². The summed E-state index contributed by atoms with van der Waals surface area (Å²) < 4.78 is 38.4. The average Bonchev–Trinajstić information content (AvgIpc) is 3.31. The number of hydrogen-bond acceptors (Lipinski definition) is 8. The van der Waals surface area contributed by atoms with E-state index < -0.39 is 22.1 Å². The Morgan fingerprint density at radius 1 is 1.25 bits per heavy atom. The van der Waals surface area contributed by atoms with Crippen LogP contribution in [0.25, 0.3) is 11.0 Å². The zero-order valence-electron chi connectivity index (χ0n) is 19.4. The molecule has 3 aromatic rings. The van der Waals surface area contributed by atoms with Gasteiger partial charge in [0.25, 0.3) is 5.89 Å². The van der Waals surface area contributed by atoms with Crippen LogP contribution in [0.4, 0.5) is 0 Å². The Labute approximate surface area is 187 Å². The number of aryl methyl sites for hydroxylation is 2. The van der Waals surface area contributed by atoms with Gasteiger partial charge in [0, 0.05) is 33.0 Å². The number of sulfonamides is 1. The highest BCUT2D eigenvalue weighted by Gasteiger charge is 2.25. The lowest BCUT2D eigenvalue weighted by Gasteiger charge is -2.11. The zero-order chi connectivity index (χ0) is 23.8. The molecule has 11 heteroatoms. The van der Waals surface area contributed by atoms with Crippen molar-refractivity contribution in [1.29, 1.82) is 0 Å². The molecule has 1 aromatic carbocycles. The molecule has 2 heterocycles. The van der Waals surface area contributed by atoms with Crippen LogP contribution in [0.2, 0.25) is 0 Å². The summed E-state index contributed by atoms with van der Waals surface area (Å²) in [5, 5.41) is 3.94. The van der Waals surface area contributed by atoms with Crippen molar-refractivity contribution in [1.82, 2.24) is 24.0 Å². The summed E-state index contributed by atoms with van der Waals surface area (Å²) in [5.41, 5.74) is 1.06. The Hall–Kier alpha value is -2.79. The number of imidazole rings is 1. The van der Waals surface area contributed by atoms with Gasteiger partial charge in [-0.05, 0) is 25.1 Å². The van der Waals surface area contributed by atoms with Crippen LogP contribution in [0, 0.1) is 0 Å². The number of fused-ring (bicyclic) bond motifs is 1. The smallest absolute Gasteiger partial charge is 0.307 e. The largest absolute Gasteiger partial charge is 0.453 e. The van der Waals surface area contributed by atoms with E-state index in [1.807, 2.05) is 32.4 Å². The third-order valence-corrected chi connectivity index (χ3v) is 6.86. The lowest BCUT2D eigenvalue weighted by molar-refractivity contribution is -0.149. The molecule has 0 saturated heterocycles. The van der Waals surface area contributed by atoms with Crippen LogP contribution in [0.5, 0.6) is 0 Å². The SMILES string of the molecule is CC(OC(=O)CCc1nc2cc(S(=O)(=O)N(C)C)ccc2n1C)c1nc(C(C)(C)C)no1. The second kappa shape index (κ2) is 8.62. The normalized spacial score (nSPS) is 13.6. The molecule has 0 aliphatic carbocycles. The van der Waals surface area contributed by atoms with E-state index >= 15 is 0 Å². The van der Waals surface area contributed by atoms with E-state index in [0.29, 0.717) is 23.6 Å². The molecule has 1 atom stereocenters. The highest BCUT2D eigenvalue weighted by molar-refractivity contribution is 7.89. The number of esters is 1. The first kappa shape index (κ1) is 23.9. The zero-order valence-corrected chi connectivity index (χ0v) is 20.2. The summed E-state index contributed by atoms with van der Waals surface area (Å²) in [6.07, 6.45) is -0.223. The molecule has 10 nitrogen and oxygen atoms in total. The number of hydrogen-bond donors (Lipinski definition) is 0. The number of ether oxygens (including phenoxy) is 1. The first-order valence-corrected chi connectivity index (χ1v) is 11.7. The molecule has 0 bridgehead atoms. The predicted molar refractivity (Wildman–Crippen MR) is 117 cm³/mol. The molecule has 32 heavy (non-hydrogen) atoms. The lowest BCUT2D eigenvalue weighted by Crippen LogP contribution is -2.22. The Balaban J connectivity index is 1.68. The van der Waals surface area contributed by atoms with Crippen LogP contribution >= 0.6 is 0 Å². The number of carbonyl (C=O) groups is 1. The van der Waals surface area contributed by atoms with Crippen LogP contribution in [0.3, 0.4) is 0 Å². The van der Waals surface area contributed by atoms with Crippen LogP contribution < -0.4 is 0 Å². The second-order valence-electron chi connectivity index (χ2n) is 8.86. The van der Waals surface area contributed by atoms with Crippen molar-refractivity contribution in [3.05, 3.63) is 35.7 Å². The fourth-order valence-corrected chi connectivity index (χ4v) is 3.97. The van der Waals surface area contributed by atoms with Gasteiger partial charge in [-0.15, -0.1) is 0 Å². The fraction of sp³-hybridized carbons (Fsp3) is 0.524.